The molecule has 4 nitrogen and oxygen atoms in total. The van der Waals surface area contributed by atoms with Crippen molar-refractivity contribution in [3.8, 4) is 0 Å². The number of hydrogen-bond acceptors (Lipinski definition) is 3. The van der Waals surface area contributed by atoms with Crippen LogP contribution in [0.25, 0.3) is 0 Å². The molecule has 0 atom stereocenters. The van der Waals surface area contributed by atoms with Gasteiger partial charge in [-0.15, -0.1) is 0 Å². The molecule has 2 rings (SSSR count). The molecule has 0 spiro atoms. The first-order chi connectivity index (χ1) is 9.53. The van der Waals surface area contributed by atoms with E-state index in [-0.39, 0.29) is 5.41 Å². The van der Waals surface area contributed by atoms with Crippen LogP contribution >= 0.6 is 0 Å². The van der Waals surface area contributed by atoms with Gasteiger partial charge in [0, 0.05) is 13.1 Å². The molecule has 1 aromatic rings. The van der Waals surface area contributed by atoms with Crippen LogP contribution < -0.4 is 10.0 Å². The molecule has 0 aliphatic heterocycles. The van der Waals surface area contributed by atoms with E-state index in [0.29, 0.717) is 23.7 Å². The molecule has 112 valence electrons. The average molecular weight is 296 g/mol. The van der Waals surface area contributed by atoms with Gasteiger partial charge in [0.25, 0.3) is 0 Å². The van der Waals surface area contributed by atoms with Crippen LogP contribution in [0.2, 0.25) is 0 Å². The van der Waals surface area contributed by atoms with Crippen molar-refractivity contribution in [3.63, 3.8) is 0 Å². The SMILES string of the molecule is CCCC1(CNS(=O)(=O)c2ccccc2NCC)CC1. The van der Waals surface area contributed by atoms with Crippen LogP contribution in [0.3, 0.4) is 0 Å². The van der Waals surface area contributed by atoms with Crippen molar-refractivity contribution in [1.29, 1.82) is 0 Å². The van der Waals surface area contributed by atoms with Crippen LogP contribution in [0.5, 0.6) is 0 Å². The maximum Gasteiger partial charge on any atom is 0.242 e. The molecule has 1 aliphatic carbocycles. The second-order valence-corrected chi connectivity index (χ2v) is 7.34. The zero-order valence-electron chi connectivity index (χ0n) is 12.3. The van der Waals surface area contributed by atoms with Crippen molar-refractivity contribution in [2.75, 3.05) is 18.4 Å². The Morgan fingerprint density at radius 1 is 1.20 bits per heavy atom. The highest BCUT2D eigenvalue weighted by Gasteiger charge is 2.42. The summed E-state index contributed by atoms with van der Waals surface area (Å²) in [6.45, 7) is 5.36. The Hall–Kier alpha value is -1.07. The quantitative estimate of drug-likeness (QED) is 0.775. The summed E-state index contributed by atoms with van der Waals surface area (Å²) in [5.74, 6) is 0. The molecule has 0 unspecified atom stereocenters. The van der Waals surface area contributed by atoms with E-state index >= 15 is 0 Å². The van der Waals surface area contributed by atoms with Gasteiger partial charge in [-0.05, 0) is 43.7 Å². The predicted molar refractivity (Wildman–Crippen MR) is 82.4 cm³/mol. The Morgan fingerprint density at radius 2 is 1.90 bits per heavy atom. The van der Waals surface area contributed by atoms with Crippen molar-refractivity contribution >= 4 is 15.7 Å². The fourth-order valence-corrected chi connectivity index (χ4v) is 3.92. The number of sulfonamides is 1. The lowest BCUT2D eigenvalue weighted by atomic mass is 10.0. The smallest absolute Gasteiger partial charge is 0.242 e. The number of para-hydroxylation sites is 1. The van der Waals surface area contributed by atoms with Gasteiger partial charge in [0.05, 0.1) is 5.69 Å². The molecule has 0 amide bonds. The maximum absolute atomic E-state index is 12.5. The standard InChI is InChI=1S/C15H24N2O2S/c1-3-9-15(10-11-15)12-17-20(18,19)14-8-6-5-7-13(14)16-4-2/h5-8,16-17H,3-4,9-12H2,1-2H3. The molecule has 1 aromatic carbocycles. The van der Waals surface area contributed by atoms with Crippen molar-refractivity contribution in [2.24, 2.45) is 5.41 Å². The molecule has 5 heteroatoms. The summed E-state index contributed by atoms with van der Waals surface area (Å²) in [7, 11) is -3.44. The summed E-state index contributed by atoms with van der Waals surface area (Å²) in [6, 6.07) is 7.06. The van der Waals surface area contributed by atoms with Gasteiger partial charge in [0.2, 0.25) is 10.0 Å². The highest BCUT2D eigenvalue weighted by Crippen LogP contribution is 2.49. The van der Waals surface area contributed by atoms with Gasteiger partial charge in [0.1, 0.15) is 4.90 Å². The van der Waals surface area contributed by atoms with Crippen LogP contribution in [0, 0.1) is 5.41 Å². The van der Waals surface area contributed by atoms with E-state index in [9.17, 15) is 8.42 Å². The Morgan fingerprint density at radius 3 is 2.50 bits per heavy atom. The summed E-state index contributed by atoms with van der Waals surface area (Å²) >= 11 is 0. The molecule has 0 aromatic heterocycles. The first-order valence-corrected chi connectivity index (χ1v) is 8.84. The van der Waals surface area contributed by atoms with Crippen LogP contribution in [-0.4, -0.2) is 21.5 Å². The minimum Gasteiger partial charge on any atom is -0.384 e. The minimum atomic E-state index is -3.44. The second-order valence-electron chi connectivity index (χ2n) is 5.60. The van der Waals surface area contributed by atoms with Crippen molar-refractivity contribution in [3.05, 3.63) is 24.3 Å². The molecule has 1 aliphatic rings. The van der Waals surface area contributed by atoms with E-state index < -0.39 is 10.0 Å². The van der Waals surface area contributed by atoms with Gasteiger partial charge in [-0.1, -0.05) is 25.5 Å². The number of benzene rings is 1. The van der Waals surface area contributed by atoms with Gasteiger partial charge in [-0.3, -0.25) is 0 Å². The lowest BCUT2D eigenvalue weighted by molar-refractivity contribution is 0.449. The van der Waals surface area contributed by atoms with E-state index in [4.69, 9.17) is 0 Å². The topological polar surface area (TPSA) is 58.2 Å². The van der Waals surface area contributed by atoms with Crippen LogP contribution in [0.15, 0.2) is 29.2 Å². The summed E-state index contributed by atoms with van der Waals surface area (Å²) in [4.78, 5) is 0.342. The molecule has 0 radical (unpaired) electrons. The van der Waals surface area contributed by atoms with Gasteiger partial charge in [-0.2, -0.15) is 0 Å². The van der Waals surface area contributed by atoms with Crippen molar-refractivity contribution in [2.45, 2.75) is 44.4 Å². The number of hydrogen-bond donors (Lipinski definition) is 2. The average Bonchev–Trinajstić information content (AvgIpc) is 3.18. The molecular weight excluding hydrogens is 272 g/mol. The maximum atomic E-state index is 12.5. The molecule has 0 bridgehead atoms. The summed E-state index contributed by atoms with van der Waals surface area (Å²) < 4.78 is 27.7. The number of rotatable bonds is 8. The Labute approximate surface area is 122 Å². The van der Waals surface area contributed by atoms with E-state index in [1.54, 1.807) is 18.2 Å². The summed E-state index contributed by atoms with van der Waals surface area (Å²) in [6.07, 6.45) is 4.48. The minimum absolute atomic E-state index is 0.217. The third kappa shape index (κ3) is 3.52. The van der Waals surface area contributed by atoms with E-state index in [1.165, 1.54) is 0 Å². The van der Waals surface area contributed by atoms with Crippen LogP contribution in [0.4, 0.5) is 5.69 Å². The van der Waals surface area contributed by atoms with Crippen LogP contribution in [0.1, 0.15) is 39.5 Å². The number of anilines is 1. The normalized spacial score (nSPS) is 16.9. The molecular formula is C15H24N2O2S. The lowest BCUT2D eigenvalue weighted by Crippen LogP contribution is -2.30. The Bertz CT molecular complexity index is 551. The molecule has 0 heterocycles. The van der Waals surface area contributed by atoms with Gasteiger partial charge in [-0.25, -0.2) is 13.1 Å². The summed E-state index contributed by atoms with van der Waals surface area (Å²) in [5, 5.41) is 3.10. The zero-order chi connectivity index (χ0) is 14.6. The predicted octanol–water partition coefficient (Wildman–Crippen LogP) is 2.98. The van der Waals surface area contributed by atoms with Crippen molar-refractivity contribution < 1.29 is 8.42 Å². The third-order valence-electron chi connectivity index (χ3n) is 3.92. The van der Waals surface area contributed by atoms with Crippen molar-refractivity contribution in [1.82, 2.24) is 4.72 Å². The Kier molecular flexibility index (Phi) is 4.70. The van der Waals surface area contributed by atoms with Crippen LogP contribution in [-0.2, 0) is 10.0 Å². The highest BCUT2D eigenvalue weighted by atomic mass is 32.2. The largest absolute Gasteiger partial charge is 0.384 e. The highest BCUT2D eigenvalue weighted by molar-refractivity contribution is 7.89. The second kappa shape index (κ2) is 6.14. The fourth-order valence-electron chi connectivity index (χ4n) is 2.59. The summed E-state index contributed by atoms with van der Waals surface area (Å²) in [5.41, 5.74) is 0.887. The molecule has 0 saturated heterocycles. The fraction of sp³-hybridized carbons (Fsp3) is 0.600. The van der Waals surface area contributed by atoms with E-state index in [2.05, 4.69) is 17.0 Å². The zero-order valence-corrected chi connectivity index (χ0v) is 13.1. The lowest BCUT2D eigenvalue weighted by Gasteiger charge is -2.17. The van der Waals surface area contributed by atoms with Gasteiger partial charge in [0.15, 0.2) is 0 Å². The Balaban J connectivity index is 2.10. The first kappa shape index (κ1) is 15.3. The van der Waals surface area contributed by atoms with Gasteiger partial charge < -0.3 is 5.32 Å². The number of nitrogens with one attached hydrogen (secondary N) is 2. The van der Waals surface area contributed by atoms with E-state index in [0.717, 1.165) is 25.7 Å². The van der Waals surface area contributed by atoms with Gasteiger partial charge >= 0.3 is 0 Å². The molecule has 20 heavy (non-hydrogen) atoms. The monoisotopic (exact) mass is 296 g/mol. The third-order valence-corrected chi connectivity index (χ3v) is 5.38. The first-order valence-electron chi connectivity index (χ1n) is 7.35. The molecule has 1 fully saturated rings. The molecule has 1 saturated carbocycles. The molecule has 2 N–H and O–H groups in total. The van der Waals surface area contributed by atoms with E-state index in [1.807, 2.05) is 13.0 Å².